The van der Waals surface area contributed by atoms with Crippen LogP contribution in [0.3, 0.4) is 0 Å². The molecule has 3 nitrogen and oxygen atoms in total. The number of aryl methyl sites for hydroxylation is 1. The average Bonchev–Trinajstić information content (AvgIpc) is 2.58. The standard InChI is InChI=1S/C11H10Cl2N2O/c1-7-2-10(6-16)14-15(7)11-4-8(12)3-9(13)5-11/h2-5,16H,6H2,1H3. The highest BCUT2D eigenvalue weighted by molar-refractivity contribution is 6.34. The highest BCUT2D eigenvalue weighted by Crippen LogP contribution is 2.22. The number of aromatic nitrogens is 2. The van der Waals surface area contributed by atoms with E-state index in [1.54, 1.807) is 22.9 Å². The van der Waals surface area contributed by atoms with Gasteiger partial charge < -0.3 is 5.11 Å². The Morgan fingerprint density at radius 3 is 2.31 bits per heavy atom. The Kier molecular flexibility index (Phi) is 3.19. The Morgan fingerprint density at radius 2 is 1.81 bits per heavy atom. The molecule has 0 saturated heterocycles. The first kappa shape index (κ1) is 11.5. The van der Waals surface area contributed by atoms with Crippen molar-refractivity contribution in [1.82, 2.24) is 9.78 Å². The van der Waals surface area contributed by atoms with Crippen LogP contribution < -0.4 is 0 Å². The zero-order valence-electron chi connectivity index (χ0n) is 8.61. The van der Waals surface area contributed by atoms with E-state index >= 15 is 0 Å². The van der Waals surface area contributed by atoms with Crippen LogP contribution in [0.15, 0.2) is 24.3 Å². The third-order valence-corrected chi connectivity index (χ3v) is 2.63. The minimum absolute atomic E-state index is 0.0812. The number of benzene rings is 1. The lowest BCUT2D eigenvalue weighted by atomic mass is 10.3. The summed E-state index contributed by atoms with van der Waals surface area (Å²) in [6, 6.07) is 7.02. The van der Waals surface area contributed by atoms with E-state index in [2.05, 4.69) is 5.10 Å². The summed E-state index contributed by atoms with van der Waals surface area (Å²) in [7, 11) is 0. The normalized spacial score (nSPS) is 10.8. The van der Waals surface area contributed by atoms with Crippen molar-refractivity contribution in [2.75, 3.05) is 0 Å². The van der Waals surface area contributed by atoms with Gasteiger partial charge in [0.15, 0.2) is 0 Å². The van der Waals surface area contributed by atoms with Gasteiger partial charge in [0.05, 0.1) is 18.0 Å². The molecule has 0 spiro atoms. The number of nitrogens with zero attached hydrogens (tertiary/aromatic N) is 2. The molecule has 0 unspecified atom stereocenters. The molecule has 0 bridgehead atoms. The van der Waals surface area contributed by atoms with Crippen LogP contribution in [0.25, 0.3) is 5.69 Å². The molecule has 0 atom stereocenters. The summed E-state index contributed by atoms with van der Waals surface area (Å²) >= 11 is 11.8. The van der Waals surface area contributed by atoms with Crippen molar-refractivity contribution in [3.05, 3.63) is 45.7 Å². The monoisotopic (exact) mass is 256 g/mol. The highest BCUT2D eigenvalue weighted by Gasteiger charge is 2.07. The average molecular weight is 257 g/mol. The van der Waals surface area contributed by atoms with Crippen molar-refractivity contribution in [3.8, 4) is 5.69 Å². The summed E-state index contributed by atoms with van der Waals surface area (Å²) in [6.07, 6.45) is 0. The Bertz CT molecular complexity index is 502. The lowest BCUT2D eigenvalue weighted by molar-refractivity contribution is 0.276. The molecule has 1 aromatic heterocycles. The van der Waals surface area contributed by atoms with Crippen LogP contribution in [-0.2, 0) is 6.61 Å². The molecule has 1 N–H and O–H groups in total. The van der Waals surface area contributed by atoms with Gasteiger partial charge in [-0.25, -0.2) is 4.68 Å². The molecule has 0 aliphatic rings. The summed E-state index contributed by atoms with van der Waals surface area (Å²) in [5, 5.41) is 14.4. The van der Waals surface area contributed by atoms with E-state index in [-0.39, 0.29) is 6.61 Å². The Hall–Kier alpha value is -1.03. The third-order valence-electron chi connectivity index (χ3n) is 2.19. The summed E-state index contributed by atoms with van der Waals surface area (Å²) in [5.74, 6) is 0. The van der Waals surface area contributed by atoms with E-state index < -0.39 is 0 Å². The Morgan fingerprint density at radius 1 is 1.19 bits per heavy atom. The van der Waals surface area contributed by atoms with Gasteiger partial charge >= 0.3 is 0 Å². The molecular weight excluding hydrogens is 247 g/mol. The molecule has 5 heteroatoms. The predicted octanol–water partition coefficient (Wildman–Crippen LogP) is 2.98. The number of hydrogen-bond donors (Lipinski definition) is 1. The third kappa shape index (κ3) is 2.21. The van der Waals surface area contributed by atoms with Gasteiger partial charge in [-0.05, 0) is 31.2 Å². The molecule has 1 heterocycles. The van der Waals surface area contributed by atoms with Crippen LogP contribution in [0, 0.1) is 6.92 Å². The first-order valence-electron chi connectivity index (χ1n) is 4.73. The molecule has 2 rings (SSSR count). The number of hydrogen-bond acceptors (Lipinski definition) is 2. The van der Waals surface area contributed by atoms with Gasteiger partial charge in [-0.2, -0.15) is 5.10 Å². The van der Waals surface area contributed by atoms with E-state index in [1.165, 1.54) is 0 Å². The molecule has 0 fully saturated rings. The minimum Gasteiger partial charge on any atom is -0.390 e. The van der Waals surface area contributed by atoms with Gasteiger partial charge in [-0.15, -0.1) is 0 Å². The van der Waals surface area contributed by atoms with Crippen molar-refractivity contribution in [1.29, 1.82) is 0 Å². The summed E-state index contributed by atoms with van der Waals surface area (Å²) in [4.78, 5) is 0. The number of aliphatic hydroxyl groups excluding tert-OH is 1. The van der Waals surface area contributed by atoms with Crippen LogP contribution in [-0.4, -0.2) is 14.9 Å². The second kappa shape index (κ2) is 4.45. The maximum Gasteiger partial charge on any atom is 0.0886 e. The van der Waals surface area contributed by atoms with Crippen LogP contribution in [0.2, 0.25) is 10.0 Å². The fourth-order valence-electron chi connectivity index (χ4n) is 1.54. The molecule has 0 aliphatic heterocycles. The predicted molar refractivity (Wildman–Crippen MR) is 64.2 cm³/mol. The number of aliphatic hydroxyl groups is 1. The molecule has 2 aromatic rings. The molecule has 0 aliphatic carbocycles. The number of halogens is 2. The second-order valence-corrected chi connectivity index (χ2v) is 4.35. The van der Waals surface area contributed by atoms with Gasteiger partial charge in [0.2, 0.25) is 0 Å². The van der Waals surface area contributed by atoms with E-state index in [0.717, 1.165) is 11.4 Å². The van der Waals surface area contributed by atoms with Crippen molar-refractivity contribution in [2.24, 2.45) is 0 Å². The fourth-order valence-corrected chi connectivity index (χ4v) is 2.05. The van der Waals surface area contributed by atoms with Crippen LogP contribution in [0.4, 0.5) is 0 Å². The molecule has 0 radical (unpaired) electrons. The minimum atomic E-state index is -0.0812. The van der Waals surface area contributed by atoms with Gasteiger partial charge in [0.25, 0.3) is 0 Å². The van der Waals surface area contributed by atoms with Gasteiger partial charge in [-0.1, -0.05) is 23.2 Å². The second-order valence-electron chi connectivity index (χ2n) is 3.47. The lowest BCUT2D eigenvalue weighted by Gasteiger charge is -2.05. The fraction of sp³-hybridized carbons (Fsp3) is 0.182. The molecule has 16 heavy (non-hydrogen) atoms. The molecule has 0 amide bonds. The number of rotatable bonds is 2. The summed E-state index contributed by atoms with van der Waals surface area (Å²) in [5.41, 5.74) is 2.32. The Balaban J connectivity index is 2.53. The van der Waals surface area contributed by atoms with Crippen LogP contribution in [0.5, 0.6) is 0 Å². The van der Waals surface area contributed by atoms with Crippen LogP contribution >= 0.6 is 23.2 Å². The maximum atomic E-state index is 9.00. The Labute approximate surface area is 103 Å². The molecule has 1 aromatic carbocycles. The van der Waals surface area contributed by atoms with Crippen molar-refractivity contribution < 1.29 is 5.11 Å². The van der Waals surface area contributed by atoms with E-state index in [1.807, 2.05) is 13.0 Å². The maximum absolute atomic E-state index is 9.00. The largest absolute Gasteiger partial charge is 0.390 e. The lowest BCUT2D eigenvalue weighted by Crippen LogP contribution is -1.99. The smallest absolute Gasteiger partial charge is 0.0886 e. The van der Waals surface area contributed by atoms with Crippen LogP contribution in [0.1, 0.15) is 11.4 Å². The van der Waals surface area contributed by atoms with E-state index in [4.69, 9.17) is 28.3 Å². The van der Waals surface area contributed by atoms with Gasteiger partial charge in [0, 0.05) is 15.7 Å². The van der Waals surface area contributed by atoms with Crippen molar-refractivity contribution in [3.63, 3.8) is 0 Å². The zero-order valence-corrected chi connectivity index (χ0v) is 10.1. The quantitative estimate of drug-likeness (QED) is 0.898. The first-order chi connectivity index (χ1) is 7.60. The first-order valence-corrected chi connectivity index (χ1v) is 5.48. The van der Waals surface area contributed by atoms with Gasteiger partial charge in [-0.3, -0.25) is 0 Å². The molecule has 84 valence electrons. The van der Waals surface area contributed by atoms with Crippen molar-refractivity contribution >= 4 is 23.2 Å². The topological polar surface area (TPSA) is 38.1 Å². The highest BCUT2D eigenvalue weighted by atomic mass is 35.5. The van der Waals surface area contributed by atoms with E-state index in [9.17, 15) is 0 Å². The van der Waals surface area contributed by atoms with Gasteiger partial charge in [0.1, 0.15) is 0 Å². The summed E-state index contributed by atoms with van der Waals surface area (Å²) in [6.45, 7) is 1.82. The van der Waals surface area contributed by atoms with Crippen molar-refractivity contribution in [2.45, 2.75) is 13.5 Å². The van der Waals surface area contributed by atoms with E-state index in [0.29, 0.717) is 15.7 Å². The molecule has 0 saturated carbocycles. The molecular formula is C11H10Cl2N2O. The SMILES string of the molecule is Cc1cc(CO)nn1-c1cc(Cl)cc(Cl)c1. The zero-order chi connectivity index (χ0) is 11.7. The summed E-state index contributed by atoms with van der Waals surface area (Å²) < 4.78 is 1.70.